The van der Waals surface area contributed by atoms with E-state index in [1.807, 2.05) is 62.8 Å². The van der Waals surface area contributed by atoms with Gasteiger partial charge in [-0.05, 0) is 226 Å². The predicted molar refractivity (Wildman–Crippen MR) is 489 cm³/mol. The minimum atomic E-state index is -0.226. The van der Waals surface area contributed by atoms with E-state index in [1.165, 1.54) is 12.8 Å². The molecule has 12 rings (SSSR count). The maximum absolute atomic E-state index is 11.9. The molecular weight excluding hydrogens is 1620 g/mol. The SMILES string of the molecule is CC(OCCN1CCCC1=O)N1CCCCCC1=O.CC(OCN1CCCCCC1=O)N1CCCC1=O.O=C1CCCCCN1CCCCOCCCCN1CCCCC1=O.O=C1CCCCN1CCCCOCCCN1CCCCCC1=O.O=C1CCCCN1CCCCOCCN1CCCCCC1=O.O=C1CCCCN1CCCCOCN1CCCCCC1=O. The first-order valence-corrected chi connectivity index (χ1v) is 50.9. The van der Waals surface area contributed by atoms with Gasteiger partial charge in [0.1, 0.15) is 25.9 Å². The third-order valence-corrected chi connectivity index (χ3v) is 26.3. The van der Waals surface area contributed by atoms with Crippen LogP contribution in [0.5, 0.6) is 0 Å². The van der Waals surface area contributed by atoms with Crippen molar-refractivity contribution in [3.05, 3.63) is 0 Å². The fourth-order valence-electron chi connectivity index (χ4n) is 18.2. The van der Waals surface area contributed by atoms with E-state index < -0.39 is 0 Å². The lowest BCUT2D eigenvalue weighted by molar-refractivity contribution is -0.151. The number of hydrogen-bond acceptors (Lipinski definition) is 18. The smallest absolute Gasteiger partial charge is 0.224 e. The standard InChI is InChI=1S/C19H34N2O3.C18H32N2O3.C17H30N2O3.C16H28N2O3.C14H24N2O3.C13H22N2O3/c22-18-10-2-1-4-12-20(18)14-6-8-16-24-17-9-7-15-21-13-5-3-11-19(21)23;21-17-9-2-1-4-11-20(17)14-8-16-23-15-7-6-13-19-12-5-3-10-18(19)22;20-16-9-3-5-11-18(16)12-6-7-14-22-15-13-19-10-4-1-2-8-17(19)21;19-15-9-3-5-10-17(15)11-6-7-13-21-14-18-12-4-1-2-8-16(18)20;1-12(16-9-4-2-3-6-14(16)18)19-11-10-15-8-5-7-13(15)17;1-11(15-9-5-7-13(15)17)18-10-14-8-4-2-3-6-12(14)16/h1-17H2;1-16H2;1-15H2;1-14H2;12H,2-11H2,1H3;11H,2-10H2,1H3. The quantitative estimate of drug-likeness (QED) is 0.0512. The average Bonchev–Trinajstić information content (AvgIpc) is 1.77. The molecule has 30 nitrogen and oxygen atoms in total. The van der Waals surface area contributed by atoms with Crippen LogP contribution in [0.1, 0.15) is 341 Å². The van der Waals surface area contributed by atoms with E-state index >= 15 is 0 Å². The van der Waals surface area contributed by atoms with Crippen molar-refractivity contribution >= 4 is 70.9 Å². The number of piperidine rings is 4. The van der Waals surface area contributed by atoms with Crippen molar-refractivity contribution in [1.29, 1.82) is 0 Å². The molecule has 0 aromatic carbocycles. The van der Waals surface area contributed by atoms with E-state index in [-0.39, 0.29) is 47.9 Å². The molecule has 12 aliphatic heterocycles. The minimum Gasteiger partial charge on any atom is -0.381 e. The second kappa shape index (κ2) is 66.7. The molecule has 127 heavy (non-hydrogen) atoms. The van der Waals surface area contributed by atoms with Crippen LogP contribution >= 0.6 is 0 Å². The monoisotopic (exact) mass is 1790 g/mol. The molecule has 12 heterocycles. The Hall–Kier alpha value is -6.60. The highest BCUT2D eigenvalue weighted by Gasteiger charge is 2.30. The molecule has 0 aromatic heterocycles. The van der Waals surface area contributed by atoms with E-state index in [4.69, 9.17) is 28.4 Å². The number of nitrogens with zero attached hydrogens (tertiary/aromatic N) is 12. The molecule has 0 radical (unpaired) electrons. The Labute approximate surface area is 762 Å². The van der Waals surface area contributed by atoms with Gasteiger partial charge in [-0.25, -0.2) is 0 Å². The summed E-state index contributed by atoms with van der Waals surface area (Å²) in [6.45, 7) is 27.2. The Morgan fingerprint density at radius 3 is 0.724 bits per heavy atom. The number of rotatable bonds is 43. The van der Waals surface area contributed by atoms with Crippen LogP contribution in [0.15, 0.2) is 0 Å². The van der Waals surface area contributed by atoms with Gasteiger partial charge in [-0.2, -0.15) is 0 Å². The lowest BCUT2D eigenvalue weighted by Gasteiger charge is -2.28. The Kier molecular flexibility index (Phi) is 56.4. The summed E-state index contributed by atoms with van der Waals surface area (Å²) in [5.41, 5.74) is 0. The molecule has 0 aliphatic carbocycles. The molecule has 2 unspecified atom stereocenters. The summed E-state index contributed by atoms with van der Waals surface area (Å²) in [4.78, 5) is 164. The van der Waals surface area contributed by atoms with Gasteiger partial charge in [-0.3, -0.25) is 57.5 Å². The highest BCUT2D eigenvalue weighted by molar-refractivity contribution is 5.81. The fraction of sp³-hybridized carbons (Fsp3) is 0.876. The maximum Gasteiger partial charge on any atom is 0.224 e. The normalized spacial score (nSPS) is 21.0. The van der Waals surface area contributed by atoms with Crippen molar-refractivity contribution in [3.63, 3.8) is 0 Å². The molecule has 12 saturated heterocycles. The van der Waals surface area contributed by atoms with Crippen molar-refractivity contribution in [2.75, 3.05) is 197 Å². The zero-order valence-corrected chi connectivity index (χ0v) is 79.1. The van der Waals surface area contributed by atoms with Gasteiger partial charge >= 0.3 is 0 Å². The zero-order valence-electron chi connectivity index (χ0n) is 79.1. The van der Waals surface area contributed by atoms with Crippen LogP contribution < -0.4 is 0 Å². The van der Waals surface area contributed by atoms with Crippen molar-refractivity contribution in [1.82, 2.24) is 58.8 Å². The highest BCUT2D eigenvalue weighted by atomic mass is 16.5. The third kappa shape index (κ3) is 45.4. The van der Waals surface area contributed by atoms with Crippen molar-refractivity contribution in [3.8, 4) is 0 Å². The van der Waals surface area contributed by atoms with Crippen molar-refractivity contribution in [2.45, 2.75) is 354 Å². The van der Waals surface area contributed by atoms with Crippen LogP contribution in [0.25, 0.3) is 0 Å². The van der Waals surface area contributed by atoms with Crippen LogP contribution in [0.4, 0.5) is 0 Å². The highest BCUT2D eigenvalue weighted by Crippen LogP contribution is 2.23. The molecule has 0 spiro atoms. The second-order valence-corrected chi connectivity index (χ2v) is 36.6. The number of amides is 12. The first-order chi connectivity index (χ1) is 61.9. The maximum atomic E-state index is 11.9. The minimum absolute atomic E-state index is 0.157. The first kappa shape index (κ1) is 107. The molecule has 12 fully saturated rings. The Balaban J connectivity index is 0.000000209. The van der Waals surface area contributed by atoms with Crippen LogP contribution in [-0.4, -0.2) is 339 Å². The van der Waals surface area contributed by atoms with E-state index in [0.717, 1.165) is 427 Å². The molecule has 0 N–H and O–H groups in total. The molecule has 30 heteroatoms. The molecule has 0 saturated carbocycles. The molecule has 0 bridgehead atoms. The van der Waals surface area contributed by atoms with Gasteiger partial charge in [0.15, 0.2) is 0 Å². The number of hydrogen-bond donors (Lipinski definition) is 0. The Morgan fingerprint density at radius 1 is 0.181 bits per heavy atom. The number of carbonyl (C=O) groups excluding carboxylic acids is 12. The van der Waals surface area contributed by atoms with E-state index in [9.17, 15) is 57.5 Å². The Bertz CT molecular complexity index is 3160. The lowest BCUT2D eigenvalue weighted by Crippen LogP contribution is -2.41. The fourth-order valence-corrected chi connectivity index (χ4v) is 18.2. The summed E-state index contributed by atoms with van der Waals surface area (Å²) in [7, 11) is 0. The van der Waals surface area contributed by atoms with Crippen LogP contribution in [0.3, 0.4) is 0 Å². The third-order valence-electron chi connectivity index (χ3n) is 26.3. The zero-order chi connectivity index (χ0) is 90.5. The summed E-state index contributed by atoms with van der Waals surface area (Å²) in [5.74, 6) is 3.17. The van der Waals surface area contributed by atoms with Gasteiger partial charge in [0.25, 0.3) is 0 Å². The van der Waals surface area contributed by atoms with Crippen LogP contribution in [0, 0.1) is 0 Å². The van der Waals surface area contributed by atoms with Gasteiger partial charge < -0.3 is 87.2 Å². The summed E-state index contributed by atoms with van der Waals surface area (Å²) in [6.07, 6.45) is 49.2. The number of carbonyl (C=O) groups is 12. The van der Waals surface area contributed by atoms with Crippen molar-refractivity contribution < 1.29 is 86.0 Å². The lowest BCUT2D eigenvalue weighted by atomic mass is 10.1. The predicted octanol–water partition coefficient (Wildman–Crippen LogP) is 12.6. The molecule has 2 atom stereocenters. The summed E-state index contributed by atoms with van der Waals surface area (Å²) in [5, 5.41) is 0. The molecule has 0 aromatic rings. The average molecular weight is 1790 g/mol. The molecule has 12 amide bonds. The van der Waals surface area contributed by atoms with E-state index in [0.29, 0.717) is 120 Å². The van der Waals surface area contributed by atoms with Gasteiger partial charge in [-0.15, -0.1) is 0 Å². The number of unbranched alkanes of at least 4 members (excludes halogenated alkanes) is 5. The number of likely N-dealkylation sites (tertiary alicyclic amines) is 12. The molecule has 12 aliphatic rings. The van der Waals surface area contributed by atoms with Crippen LogP contribution in [-0.2, 0) is 86.0 Å². The first-order valence-electron chi connectivity index (χ1n) is 50.9. The topological polar surface area (TPSA) is 299 Å². The summed E-state index contributed by atoms with van der Waals surface area (Å²) in [6, 6.07) is 0. The van der Waals surface area contributed by atoms with E-state index in [1.54, 1.807) is 9.80 Å². The molecule has 726 valence electrons. The van der Waals surface area contributed by atoms with Gasteiger partial charge in [0.2, 0.25) is 70.9 Å². The Morgan fingerprint density at radius 2 is 0.394 bits per heavy atom. The van der Waals surface area contributed by atoms with Crippen molar-refractivity contribution in [2.24, 2.45) is 0 Å². The van der Waals surface area contributed by atoms with Crippen LogP contribution in [0.2, 0.25) is 0 Å². The van der Waals surface area contributed by atoms with Gasteiger partial charge in [-0.1, -0.05) is 38.5 Å². The largest absolute Gasteiger partial charge is 0.381 e. The van der Waals surface area contributed by atoms with Gasteiger partial charge in [0.05, 0.1) is 13.2 Å². The summed E-state index contributed by atoms with van der Waals surface area (Å²) >= 11 is 0. The van der Waals surface area contributed by atoms with E-state index in [2.05, 4.69) is 0 Å². The summed E-state index contributed by atoms with van der Waals surface area (Å²) < 4.78 is 34.0. The molecular formula is C97H170N12O18. The van der Waals surface area contributed by atoms with Gasteiger partial charge in [0, 0.05) is 248 Å². The number of ether oxygens (including phenoxy) is 6. The second-order valence-electron chi connectivity index (χ2n) is 36.6.